The van der Waals surface area contributed by atoms with Gasteiger partial charge in [-0.2, -0.15) is 0 Å². The van der Waals surface area contributed by atoms with E-state index in [1.54, 1.807) is 0 Å². The predicted octanol–water partition coefficient (Wildman–Crippen LogP) is 4.55. The van der Waals surface area contributed by atoms with Crippen molar-refractivity contribution in [2.24, 2.45) is 5.41 Å². The van der Waals surface area contributed by atoms with Crippen molar-refractivity contribution < 1.29 is 19.1 Å². The van der Waals surface area contributed by atoms with Gasteiger partial charge in [0.25, 0.3) is 0 Å². The number of anilines is 1. The second-order valence-corrected chi connectivity index (χ2v) is 10.4. The molecule has 1 amide bonds. The number of carbonyl (C=O) groups excluding carboxylic acids is 2. The third-order valence-corrected chi connectivity index (χ3v) is 6.18. The van der Waals surface area contributed by atoms with Gasteiger partial charge in [-0.3, -0.25) is 4.79 Å². The number of nitrogens with one attached hydrogen (secondary N) is 1. The van der Waals surface area contributed by atoms with Gasteiger partial charge >= 0.3 is 6.09 Å². The minimum atomic E-state index is -0.466. The van der Waals surface area contributed by atoms with Crippen molar-refractivity contribution in [3.05, 3.63) is 39.9 Å². The van der Waals surface area contributed by atoms with Crippen molar-refractivity contribution in [3.8, 4) is 5.88 Å². The van der Waals surface area contributed by atoms with Crippen LogP contribution >= 0.6 is 23.2 Å². The van der Waals surface area contributed by atoms with Gasteiger partial charge in [-0.05, 0) is 39.7 Å². The lowest BCUT2D eigenvalue weighted by Gasteiger charge is -2.39. The lowest BCUT2D eigenvalue weighted by atomic mass is 9.81. The highest BCUT2D eigenvalue weighted by Gasteiger charge is 2.33. The van der Waals surface area contributed by atoms with Gasteiger partial charge in [-0.1, -0.05) is 30.1 Å². The zero-order valence-electron chi connectivity index (χ0n) is 19.9. The van der Waals surface area contributed by atoms with E-state index in [1.807, 2.05) is 25.7 Å². The number of amides is 1. The number of rotatable bonds is 6. The number of methoxy groups -OCH3 is 1. The Morgan fingerprint density at radius 2 is 1.88 bits per heavy atom. The first kappa shape index (κ1) is 26.0. The van der Waals surface area contributed by atoms with Crippen LogP contribution in [-0.2, 0) is 4.74 Å². The number of halogens is 2. The number of ether oxygens (including phenoxy) is 2. The Labute approximate surface area is 209 Å². The number of ketones is 1. The molecule has 0 aliphatic carbocycles. The standard InChI is InChI=1S/C23H29Cl2N5O4/c1-22(2,3)29-21(32)34-13-23(4)7-10-30(11-8-23)15-12-27-17(19(25)28-15)18(31)14-6-9-26-20(33-5)16(14)24/h6,9,12H,7-8,10-11,13H2,1-5H3,(H,29,32). The molecular formula is C23H29Cl2N5O4. The zero-order valence-corrected chi connectivity index (χ0v) is 21.5. The molecule has 0 spiro atoms. The average molecular weight is 510 g/mol. The fourth-order valence-corrected chi connectivity index (χ4v) is 4.03. The fourth-order valence-electron chi connectivity index (χ4n) is 3.53. The van der Waals surface area contributed by atoms with Gasteiger partial charge in [0.2, 0.25) is 11.7 Å². The second-order valence-electron chi connectivity index (χ2n) is 9.63. The molecule has 0 radical (unpaired) electrons. The van der Waals surface area contributed by atoms with Crippen molar-refractivity contribution in [1.82, 2.24) is 20.3 Å². The second kappa shape index (κ2) is 10.3. The van der Waals surface area contributed by atoms with E-state index in [4.69, 9.17) is 32.7 Å². The summed E-state index contributed by atoms with van der Waals surface area (Å²) in [5.41, 5.74) is -0.306. The minimum absolute atomic E-state index is 0.000628. The summed E-state index contributed by atoms with van der Waals surface area (Å²) >= 11 is 12.6. The zero-order chi connectivity index (χ0) is 25.1. The molecule has 1 aliphatic rings. The lowest BCUT2D eigenvalue weighted by molar-refractivity contribution is 0.0715. The Morgan fingerprint density at radius 3 is 2.47 bits per heavy atom. The first-order valence-electron chi connectivity index (χ1n) is 10.9. The maximum atomic E-state index is 12.9. The monoisotopic (exact) mass is 509 g/mol. The van der Waals surface area contributed by atoms with Crippen molar-refractivity contribution >= 4 is 40.9 Å². The van der Waals surface area contributed by atoms with Crippen LogP contribution < -0.4 is 15.0 Å². The first-order valence-corrected chi connectivity index (χ1v) is 11.6. The smallest absolute Gasteiger partial charge is 0.407 e. The lowest BCUT2D eigenvalue weighted by Crippen LogP contribution is -2.45. The number of hydrogen-bond acceptors (Lipinski definition) is 8. The predicted molar refractivity (Wildman–Crippen MR) is 130 cm³/mol. The molecule has 1 saturated heterocycles. The summed E-state index contributed by atoms with van der Waals surface area (Å²) in [6.45, 7) is 9.52. The summed E-state index contributed by atoms with van der Waals surface area (Å²) in [6.07, 6.45) is 4.13. The quantitative estimate of drug-likeness (QED) is 0.565. The van der Waals surface area contributed by atoms with Crippen molar-refractivity contribution in [2.75, 3.05) is 31.7 Å². The Kier molecular flexibility index (Phi) is 7.88. The van der Waals surface area contributed by atoms with E-state index < -0.39 is 11.9 Å². The molecule has 0 atom stereocenters. The Morgan fingerprint density at radius 1 is 1.21 bits per heavy atom. The summed E-state index contributed by atoms with van der Waals surface area (Å²) in [4.78, 5) is 39.6. The van der Waals surface area contributed by atoms with E-state index in [2.05, 4.69) is 27.2 Å². The van der Waals surface area contributed by atoms with Gasteiger partial charge in [0.05, 0.1) is 19.9 Å². The Bertz CT molecular complexity index is 1070. The molecule has 0 bridgehead atoms. The van der Waals surface area contributed by atoms with Crippen LogP contribution in [0.25, 0.3) is 0 Å². The summed E-state index contributed by atoms with van der Waals surface area (Å²) in [6, 6.07) is 1.48. The molecule has 1 N–H and O–H groups in total. The molecule has 184 valence electrons. The molecule has 11 heteroatoms. The molecule has 34 heavy (non-hydrogen) atoms. The number of carbonyl (C=O) groups is 2. The van der Waals surface area contributed by atoms with E-state index in [0.29, 0.717) is 25.5 Å². The van der Waals surface area contributed by atoms with Crippen LogP contribution in [-0.4, -0.2) is 59.2 Å². The van der Waals surface area contributed by atoms with Crippen LogP contribution in [0.1, 0.15) is 56.6 Å². The maximum Gasteiger partial charge on any atom is 0.407 e. The van der Waals surface area contributed by atoms with E-state index in [-0.39, 0.29) is 38.3 Å². The van der Waals surface area contributed by atoms with Gasteiger partial charge in [-0.15, -0.1) is 0 Å². The normalized spacial score (nSPS) is 15.6. The molecular weight excluding hydrogens is 481 g/mol. The van der Waals surface area contributed by atoms with Crippen LogP contribution in [0.5, 0.6) is 5.88 Å². The van der Waals surface area contributed by atoms with Gasteiger partial charge in [0, 0.05) is 35.8 Å². The Balaban J connectivity index is 1.64. The minimum Gasteiger partial charge on any atom is -0.480 e. The first-order chi connectivity index (χ1) is 15.9. The highest BCUT2D eigenvalue weighted by molar-refractivity contribution is 6.38. The van der Waals surface area contributed by atoms with E-state index in [0.717, 1.165) is 12.8 Å². The number of nitrogens with zero attached hydrogens (tertiary/aromatic N) is 4. The van der Waals surface area contributed by atoms with Gasteiger partial charge < -0.3 is 19.7 Å². The van der Waals surface area contributed by atoms with Gasteiger partial charge in [0.15, 0.2) is 5.15 Å². The SMILES string of the molecule is COc1nccc(C(=O)c2ncc(N3CCC(C)(COC(=O)NC(C)(C)C)CC3)nc2Cl)c1Cl. The summed E-state index contributed by atoms with van der Waals surface area (Å²) in [5.74, 6) is 0.254. The molecule has 1 aliphatic heterocycles. The third-order valence-electron chi connectivity index (χ3n) is 5.55. The molecule has 3 rings (SSSR count). The van der Waals surface area contributed by atoms with E-state index in [1.165, 1.54) is 25.6 Å². The van der Waals surface area contributed by atoms with Crippen LogP contribution in [0.2, 0.25) is 10.2 Å². The fraction of sp³-hybridized carbons (Fsp3) is 0.522. The largest absolute Gasteiger partial charge is 0.480 e. The van der Waals surface area contributed by atoms with Crippen LogP contribution in [0.4, 0.5) is 10.6 Å². The molecule has 0 saturated carbocycles. The van der Waals surface area contributed by atoms with Crippen molar-refractivity contribution in [2.45, 2.75) is 46.1 Å². The maximum absolute atomic E-state index is 12.9. The third kappa shape index (κ3) is 6.27. The summed E-state index contributed by atoms with van der Waals surface area (Å²) in [7, 11) is 1.42. The number of aromatic nitrogens is 3. The highest BCUT2D eigenvalue weighted by atomic mass is 35.5. The molecule has 0 aromatic carbocycles. The highest BCUT2D eigenvalue weighted by Crippen LogP contribution is 2.34. The molecule has 1 fully saturated rings. The molecule has 3 heterocycles. The van der Waals surface area contributed by atoms with E-state index >= 15 is 0 Å². The molecule has 2 aromatic heterocycles. The Hall–Kier alpha value is -2.65. The topological polar surface area (TPSA) is 107 Å². The van der Waals surface area contributed by atoms with Gasteiger partial charge in [-0.25, -0.2) is 19.7 Å². The molecule has 2 aromatic rings. The van der Waals surface area contributed by atoms with Crippen molar-refractivity contribution in [1.29, 1.82) is 0 Å². The number of alkyl carbamates (subject to hydrolysis) is 1. The van der Waals surface area contributed by atoms with Crippen LogP contribution in [0, 0.1) is 5.41 Å². The molecule has 9 nitrogen and oxygen atoms in total. The van der Waals surface area contributed by atoms with Gasteiger partial charge in [0.1, 0.15) is 16.5 Å². The van der Waals surface area contributed by atoms with Crippen molar-refractivity contribution in [3.63, 3.8) is 0 Å². The molecule has 0 unspecified atom stereocenters. The average Bonchev–Trinajstić information content (AvgIpc) is 2.77. The number of piperidine rings is 1. The summed E-state index contributed by atoms with van der Waals surface area (Å²) < 4.78 is 10.5. The number of hydrogen-bond donors (Lipinski definition) is 1. The number of pyridine rings is 1. The van der Waals surface area contributed by atoms with Crippen LogP contribution in [0.3, 0.4) is 0 Å². The van der Waals surface area contributed by atoms with E-state index in [9.17, 15) is 9.59 Å². The van der Waals surface area contributed by atoms with Crippen LogP contribution in [0.15, 0.2) is 18.5 Å². The summed E-state index contributed by atoms with van der Waals surface area (Å²) in [5, 5.41) is 2.88.